The molecule has 0 bridgehead atoms. The summed E-state index contributed by atoms with van der Waals surface area (Å²) in [7, 11) is 0. The molecule has 1 N–H and O–H groups in total. The zero-order valence-electron chi connectivity index (χ0n) is 23.3. The minimum absolute atomic E-state index is 0.0368. The van der Waals surface area contributed by atoms with Crippen molar-refractivity contribution in [3.63, 3.8) is 0 Å². The molecule has 1 aliphatic rings. The highest BCUT2D eigenvalue weighted by Gasteiger charge is 2.30. The predicted octanol–water partition coefficient (Wildman–Crippen LogP) is 6.90. The highest BCUT2D eigenvalue weighted by atomic mass is 19.4. The SMILES string of the molecule is C=CC.CC.CCN(CC1CCc2cc(-c3ncccn3)c(C)nc2N1)C(=O)Cc1ccc(C(F)(F)F)cc1. The molecule has 4 rings (SSSR count). The Labute approximate surface area is 229 Å². The van der Waals surface area contributed by atoms with Gasteiger partial charge in [0, 0.05) is 37.1 Å². The van der Waals surface area contributed by atoms with E-state index in [9.17, 15) is 18.0 Å². The van der Waals surface area contributed by atoms with Crippen LogP contribution >= 0.6 is 0 Å². The van der Waals surface area contributed by atoms with Gasteiger partial charge in [-0.2, -0.15) is 13.2 Å². The lowest BCUT2D eigenvalue weighted by molar-refractivity contribution is -0.137. The van der Waals surface area contributed by atoms with Crippen LogP contribution in [-0.4, -0.2) is 44.9 Å². The van der Waals surface area contributed by atoms with E-state index >= 15 is 0 Å². The van der Waals surface area contributed by atoms with Crippen LogP contribution in [0.3, 0.4) is 0 Å². The molecule has 0 saturated carbocycles. The summed E-state index contributed by atoms with van der Waals surface area (Å²) in [6.07, 6.45) is 2.48. The van der Waals surface area contributed by atoms with Gasteiger partial charge in [0.05, 0.1) is 17.7 Å². The van der Waals surface area contributed by atoms with Crippen molar-refractivity contribution in [3.05, 3.63) is 83.8 Å². The normalized spacial score (nSPS) is 13.9. The van der Waals surface area contributed by atoms with E-state index in [1.807, 2.05) is 34.6 Å². The standard InChI is InChI=1S/C25H26F3N5O.C3H6.C2H6/c1-3-33(22(34)13-17-5-8-19(9-6-17)25(26,27)28)15-20-10-7-18-14-21(16(2)31-23(18)32-20)24-29-11-4-12-30-24;1-3-2;1-2/h4-6,8-9,11-12,14,20H,3,7,10,13,15H2,1-2H3,(H,31,32);3H,1H2,2H3;1-2H3. The number of likely N-dealkylation sites (N-methyl/N-ethyl adjacent to an activating group) is 1. The molecule has 1 unspecified atom stereocenters. The maximum absolute atomic E-state index is 12.8. The Morgan fingerprint density at radius 3 is 2.36 bits per heavy atom. The zero-order valence-corrected chi connectivity index (χ0v) is 23.3. The molecule has 3 aromatic rings. The van der Waals surface area contributed by atoms with E-state index in [1.54, 1.807) is 29.4 Å². The number of aryl methyl sites for hydroxylation is 2. The van der Waals surface area contributed by atoms with Gasteiger partial charge >= 0.3 is 6.18 Å². The fraction of sp³-hybridized carbons (Fsp3) is 0.400. The monoisotopic (exact) mass is 541 g/mol. The first-order valence-corrected chi connectivity index (χ1v) is 13.2. The van der Waals surface area contributed by atoms with Gasteiger partial charge < -0.3 is 10.2 Å². The first-order chi connectivity index (χ1) is 18.7. The van der Waals surface area contributed by atoms with Crippen LogP contribution in [0.1, 0.15) is 56.5 Å². The van der Waals surface area contributed by atoms with Crippen LogP contribution in [0.5, 0.6) is 0 Å². The summed E-state index contributed by atoms with van der Waals surface area (Å²) in [6, 6.07) is 8.64. The second kappa shape index (κ2) is 15.0. The van der Waals surface area contributed by atoms with Crippen molar-refractivity contribution in [1.29, 1.82) is 0 Å². The predicted molar refractivity (Wildman–Crippen MR) is 150 cm³/mol. The smallest absolute Gasteiger partial charge is 0.365 e. The third-order valence-electron chi connectivity index (χ3n) is 6.01. The molecular weight excluding hydrogens is 503 g/mol. The summed E-state index contributed by atoms with van der Waals surface area (Å²) >= 11 is 0. The van der Waals surface area contributed by atoms with Gasteiger partial charge in [0.1, 0.15) is 5.82 Å². The van der Waals surface area contributed by atoms with Crippen molar-refractivity contribution in [2.45, 2.75) is 66.1 Å². The fourth-order valence-electron chi connectivity index (χ4n) is 4.13. The Morgan fingerprint density at radius 2 is 1.79 bits per heavy atom. The molecule has 0 saturated heterocycles. The van der Waals surface area contributed by atoms with E-state index in [0.29, 0.717) is 24.5 Å². The number of allylic oxidation sites excluding steroid dienone is 1. The minimum atomic E-state index is -4.39. The van der Waals surface area contributed by atoms with Gasteiger partial charge in [0.15, 0.2) is 5.82 Å². The first kappa shape index (κ1) is 31.5. The van der Waals surface area contributed by atoms with Crippen LogP contribution in [0, 0.1) is 6.92 Å². The molecule has 6 nitrogen and oxygen atoms in total. The summed E-state index contributed by atoms with van der Waals surface area (Å²) in [5, 5.41) is 3.45. The molecular formula is C30H38F3N5O. The number of benzene rings is 1. The maximum atomic E-state index is 12.8. The molecule has 1 atom stereocenters. The molecule has 0 fully saturated rings. The van der Waals surface area contributed by atoms with Crippen LogP contribution in [0.25, 0.3) is 11.4 Å². The second-order valence-corrected chi connectivity index (χ2v) is 8.79. The summed E-state index contributed by atoms with van der Waals surface area (Å²) in [4.78, 5) is 28.0. The number of rotatable bonds is 6. The molecule has 2 aromatic heterocycles. The maximum Gasteiger partial charge on any atom is 0.416 e. The largest absolute Gasteiger partial charge is 0.416 e. The number of carbonyl (C=O) groups excluding carboxylic acids is 1. The summed E-state index contributed by atoms with van der Waals surface area (Å²) in [6.45, 7) is 14.1. The summed E-state index contributed by atoms with van der Waals surface area (Å²) in [5.74, 6) is 1.33. The molecule has 39 heavy (non-hydrogen) atoms. The number of amides is 1. The van der Waals surface area contributed by atoms with Gasteiger partial charge in [-0.05, 0) is 69.0 Å². The number of hydrogen-bond donors (Lipinski definition) is 1. The molecule has 9 heteroatoms. The number of carbonyl (C=O) groups is 1. The van der Waals surface area contributed by atoms with Crippen LogP contribution in [0.15, 0.2) is 61.4 Å². The highest BCUT2D eigenvalue weighted by Crippen LogP contribution is 2.30. The number of nitrogens with one attached hydrogen (secondary N) is 1. The van der Waals surface area contributed by atoms with Crippen LogP contribution in [-0.2, 0) is 23.8 Å². The van der Waals surface area contributed by atoms with Crippen molar-refractivity contribution in [2.24, 2.45) is 0 Å². The van der Waals surface area contributed by atoms with Crippen molar-refractivity contribution < 1.29 is 18.0 Å². The Morgan fingerprint density at radius 1 is 1.18 bits per heavy atom. The van der Waals surface area contributed by atoms with E-state index in [2.05, 4.69) is 27.9 Å². The molecule has 1 aliphatic heterocycles. The number of alkyl halides is 3. The highest BCUT2D eigenvalue weighted by molar-refractivity contribution is 5.79. The van der Waals surface area contributed by atoms with Crippen molar-refractivity contribution in [3.8, 4) is 11.4 Å². The molecule has 0 radical (unpaired) electrons. The number of hydrogen-bond acceptors (Lipinski definition) is 5. The van der Waals surface area contributed by atoms with Gasteiger partial charge in [-0.15, -0.1) is 6.58 Å². The lowest BCUT2D eigenvalue weighted by Crippen LogP contribution is -2.42. The van der Waals surface area contributed by atoms with Crippen LogP contribution < -0.4 is 5.32 Å². The third-order valence-corrected chi connectivity index (χ3v) is 6.01. The second-order valence-electron chi connectivity index (χ2n) is 8.79. The van der Waals surface area contributed by atoms with Crippen LogP contribution in [0.4, 0.5) is 19.0 Å². The fourth-order valence-corrected chi connectivity index (χ4v) is 4.13. The van der Waals surface area contributed by atoms with Gasteiger partial charge in [0.25, 0.3) is 0 Å². The summed E-state index contributed by atoms with van der Waals surface area (Å²) < 4.78 is 38.3. The van der Waals surface area contributed by atoms with E-state index < -0.39 is 11.7 Å². The number of anilines is 1. The Bertz CT molecular complexity index is 1200. The number of nitrogens with zero attached hydrogens (tertiary/aromatic N) is 4. The number of aromatic nitrogens is 3. The quantitative estimate of drug-likeness (QED) is 0.344. The molecule has 0 aliphatic carbocycles. The lowest BCUT2D eigenvalue weighted by atomic mass is 9.98. The molecule has 1 aromatic carbocycles. The molecule has 210 valence electrons. The van der Waals surface area contributed by atoms with E-state index in [-0.39, 0.29) is 18.4 Å². The van der Waals surface area contributed by atoms with E-state index in [4.69, 9.17) is 4.98 Å². The van der Waals surface area contributed by atoms with Gasteiger partial charge in [-0.3, -0.25) is 4.79 Å². The summed E-state index contributed by atoms with van der Waals surface area (Å²) in [5.41, 5.74) is 2.66. The van der Waals surface area contributed by atoms with E-state index in [1.165, 1.54) is 12.1 Å². The number of fused-ring (bicyclic) bond motifs is 1. The van der Waals surface area contributed by atoms with Crippen molar-refractivity contribution >= 4 is 11.7 Å². The van der Waals surface area contributed by atoms with Crippen LogP contribution in [0.2, 0.25) is 0 Å². The number of pyridine rings is 1. The van der Waals surface area contributed by atoms with Crippen molar-refractivity contribution in [2.75, 3.05) is 18.4 Å². The Kier molecular flexibility index (Phi) is 12.1. The minimum Gasteiger partial charge on any atom is -0.365 e. The first-order valence-electron chi connectivity index (χ1n) is 13.2. The number of halogens is 3. The average molecular weight is 542 g/mol. The average Bonchev–Trinajstić information content (AvgIpc) is 2.93. The van der Waals surface area contributed by atoms with Crippen molar-refractivity contribution in [1.82, 2.24) is 19.9 Å². The topological polar surface area (TPSA) is 71.0 Å². The van der Waals surface area contributed by atoms with Gasteiger partial charge in [-0.1, -0.05) is 32.1 Å². The zero-order chi connectivity index (χ0) is 29.0. The molecule has 0 spiro atoms. The lowest BCUT2D eigenvalue weighted by Gasteiger charge is -2.31. The molecule has 1 amide bonds. The Balaban J connectivity index is 0.000000998. The Hall–Kier alpha value is -3.75. The molecule has 3 heterocycles. The van der Waals surface area contributed by atoms with Gasteiger partial charge in [-0.25, -0.2) is 15.0 Å². The van der Waals surface area contributed by atoms with E-state index in [0.717, 1.165) is 47.6 Å². The third kappa shape index (κ3) is 8.90. The van der Waals surface area contributed by atoms with Gasteiger partial charge in [0.2, 0.25) is 5.91 Å².